The number of carbonyl (C=O) groups is 1. The first-order chi connectivity index (χ1) is 7.20. The quantitative estimate of drug-likeness (QED) is 0.851. The zero-order valence-electron chi connectivity index (χ0n) is 7.48. The summed E-state index contributed by atoms with van der Waals surface area (Å²) in [4.78, 5) is 11.3. The van der Waals surface area contributed by atoms with Gasteiger partial charge in [0.2, 0.25) is 0 Å². The molecular formula is C10H6FNO2S. The molecule has 0 unspecified atom stereocenters. The molecule has 2 rings (SSSR count). The van der Waals surface area contributed by atoms with Crippen LogP contribution in [0.2, 0.25) is 0 Å². The third kappa shape index (κ3) is 1.73. The second-order valence-corrected chi connectivity index (χ2v) is 3.68. The Bertz CT molecular complexity index is 496. The van der Waals surface area contributed by atoms with Crippen LogP contribution in [-0.2, 0) is 0 Å². The van der Waals surface area contributed by atoms with Gasteiger partial charge in [-0.2, -0.15) is 0 Å². The van der Waals surface area contributed by atoms with Crippen molar-refractivity contribution in [1.29, 1.82) is 0 Å². The van der Waals surface area contributed by atoms with E-state index >= 15 is 0 Å². The molecule has 0 saturated carbocycles. The average molecular weight is 223 g/mol. The van der Waals surface area contributed by atoms with Gasteiger partial charge in [-0.1, -0.05) is 12.1 Å². The van der Waals surface area contributed by atoms with Crippen LogP contribution in [0.15, 0.2) is 30.5 Å². The lowest BCUT2D eigenvalue weighted by molar-refractivity contribution is 0.0692. The fraction of sp³-hybridized carbons (Fsp3) is 0. The van der Waals surface area contributed by atoms with Crippen LogP contribution in [0, 0.1) is 5.82 Å². The van der Waals surface area contributed by atoms with E-state index in [9.17, 15) is 9.18 Å². The molecule has 0 spiro atoms. The summed E-state index contributed by atoms with van der Waals surface area (Å²) in [6.45, 7) is 0. The van der Waals surface area contributed by atoms with Crippen molar-refractivity contribution in [2.24, 2.45) is 0 Å². The van der Waals surface area contributed by atoms with Gasteiger partial charge in [-0.3, -0.25) is 0 Å². The van der Waals surface area contributed by atoms with E-state index in [1.807, 2.05) is 0 Å². The number of benzene rings is 1. The van der Waals surface area contributed by atoms with Gasteiger partial charge in [0, 0.05) is 11.8 Å². The molecule has 1 aromatic heterocycles. The maximum atomic E-state index is 13.7. The summed E-state index contributed by atoms with van der Waals surface area (Å²) in [6.07, 6.45) is 1.55. The molecule has 0 saturated heterocycles. The first kappa shape index (κ1) is 9.79. The van der Waals surface area contributed by atoms with Gasteiger partial charge in [-0.15, -0.1) is 0 Å². The highest BCUT2D eigenvalue weighted by molar-refractivity contribution is 7.09. The predicted molar refractivity (Wildman–Crippen MR) is 54.5 cm³/mol. The van der Waals surface area contributed by atoms with E-state index in [2.05, 4.69) is 4.37 Å². The fourth-order valence-electron chi connectivity index (χ4n) is 1.24. The molecule has 0 aliphatic heterocycles. The van der Waals surface area contributed by atoms with Crippen molar-refractivity contribution in [2.75, 3.05) is 0 Å². The van der Waals surface area contributed by atoms with Crippen molar-refractivity contribution < 1.29 is 14.3 Å². The molecule has 0 amide bonds. The molecule has 0 fully saturated rings. The van der Waals surface area contributed by atoms with Gasteiger partial charge in [0.25, 0.3) is 0 Å². The van der Waals surface area contributed by atoms with E-state index in [1.165, 1.54) is 18.2 Å². The first-order valence-electron chi connectivity index (χ1n) is 4.13. The van der Waals surface area contributed by atoms with Crippen LogP contribution in [0.5, 0.6) is 0 Å². The lowest BCUT2D eigenvalue weighted by Gasteiger charge is -2.02. The van der Waals surface area contributed by atoms with Crippen molar-refractivity contribution in [3.8, 4) is 10.4 Å². The average Bonchev–Trinajstić information content (AvgIpc) is 2.70. The number of aromatic nitrogens is 1. The van der Waals surface area contributed by atoms with Crippen molar-refractivity contribution in [1.82, 2.24) is 4.37 Å². The predicted octanol–water partition coefficient (Wildman–Crippen LogP) is 2.65. The van der Waals surface area contributed by atoms with E-state index in [0.717, 1.165) is 11.5 Å². The lowest BCUT2D eigenvalue weighted by Crippen LogP contribution is -2.01. The number of rotatable bonds is 2. The van der Waals surface area contributed by atoms with Crippen LogP contribution in [0.3, 0.4) is 0 Å². The third-order valence-corrected chi connectivity index (χ3v) is 2.71. The Morgan fingerprint density at radius 2 is 2.20 bits per heavy atom. The number of carboxylic acids is 1. The Morgan fingerprint density at radius 1 is 1.40 bits per heavy atom. The maximum Gasteiger partial charge on any atom is 0.338 e. The van der Waals surface area contributed by atoms with Gasteiger partial charge in [0.05, 0.1) is 10.4 Å². The van der Waals surface area contributed by atoms with Crippen molar-refractivity contribution >= 4 is 17.5 Å². The molecule has 76 valence electrons. The van der Waals surface area contributed by atoms with Crippen LogP contribution in [0.4, 0.5) is 4.39 Å². The molecular weight excluding hydrogens is 217 g/mol. The molecule has 2 aromatic rings. The summed E-state index contributed by atoms with van der Waals surface area (Å²) in [5.74, 6) is -1.98. The van der Waals surface area contributed by atoms with Gasteiger partial charge in [-0.25, -0.2) is 13.6 Å². The maximum absolute atomic E-state index is 13.7. The SMILES string of the molecule is O=C(O)c1cccc(-c2ccns2)c1F. The van der Waals surface area contributed by atoms with E-state index in [-0.39, 0.29) is 11.1 Å². The first-order valence-corrected chi connectivity index (χ1v) is 4.90. The lowest BCUT2D eigenvalue weighted by atomic mass is 10.1. The highest BCUT2D eigenvalue weighted by Crippen LogP contribution is 2.27. The van der Waals surface area contributed by atoms with E-state index in [4.69, 9.17) is 5.11 Å². The normalized spacial score (nSPS) is 10.2. The van der Waals surface area contributed by atoms with E-state index < -0.39 is 11.8 Å². The summed E-state index contributed by atoms with van der Waals surface area (Å²) >= 11 is 1.13. The molecule has 0 bridgehead atoms. The highest BCUT2D eigenvalue weighted by atomic mass is 32.1. The van der Waals surface area contributed by atoms with Crippen molar-refractivity contribution in [3.05, 3.63) is 41.8 Å². The van der Waals surface area contributed by atoms with Crippen molar-refractivity contribution in [3.63, 3.8) is 0 Å². The number of aromatic carboxylic acids is 1. The van der Waals surface area contributed by atoms with E-state index in [1.54, 1.807) is 12.3 Å². The zero-order chi connectivity index (χ0) is 10.8. The Hall–Kier alpha value is -1.75. The summed E-state index contributed by atoms with van der Waals surface area (Å²) in [6, 6.07) is 5.94. The molecule has 1 aromatic carbocycles. The van der Waals surface area contributed by atoms with Crippen LogP contribution in [-0.4, -0.2) is 15.4 Å². The summed E-state index contributed by atoms with van der Waals surface area (Å²) in [5.41, 5.74) is -0.0432. The molecule has 1 N–H and O–H groups in total. The molecule has 3 nitrogen and oxygen atoms in total. The van der Waals surface area contributed by atoms with Gasteiger partial charge < -0.3 is 5.11 Å². The smallest absolute Gasteiger partial charge is 0.338 e. The number of halogens is 1. The minimum atomic E-state index is -1.26. The monoisotopic (exact) mass is 223 g/mol. The molecule has 0 aliphatic rings. The molecule has 5 heteroatoms. The van der Waals surface area contributed by atoms with Crippen LogP contribution in [0.25, 0.3) is 10.4 Å². The number of nitrogens with zero attached hydrogens (tertiary/aromatic N) is 1. The zero-order valence-corrected chi connectivity index (χ0v) is 8.29. The van der Waals surface area contributed by atoms with Crippen molar-refractivity contribution in [2.45, 2.75) is 0 Å². The minimum absolute atomic E-state index is 0.275. The molecule has 0 aliphatic carbocycles. The Kier molecular flexibility index (Phi) is 2.47. The van der Waals surface area contributed by atoms with Crippen LogP contribution in [0.1, 0.15) is 10.4 Å². The van der Waals surface area contributed by atoms with Crippen LogP contribution < -0.4 is 0 Å². The standard InChI is InChI=1S/C10H6FNO2S/c11-9-6(8-4-5-12-15-8)2-1-3-7(9)10(13)14/h1-5H,(H,13,14). The fourth-order valence-corrected chi connectivity index (χ4v) is 1.86. The number of hydrogen-bond donors (Lipinski definition) is 1. The summed E-state index contributed by atoms with van der Waals surface area (Å²) in [7, 11) is 0. The molecule has 1 heterocycles. The minimum Gasteiger partial charge on any atom is -0.478 e. The Morgan fingerprint density at radius 3 is 2.80 bits per heavy atom. The Labute approximate surface area is 89.0 Å². The molecule has 0 radical (unpaired) electrons. The second-order valence-electron chi connectivity index (χ2n) is 2.85. The number of hydrogen-bond acceptors (Lipinski definition) is 3. The largest absolute Gasteiger partial charge is 0.478 e. The van der Waals surface area contributed by atoms with Gasteiger partial charge in [0.15, 0.2) is 0 Å². The van der Waals surface area contributed by atoms with E-state index in [0.29, 0.717) is 4.88 Å². The molecule has 0 atom stereocenters. The van der Waals surface area contributed by atoms with Gasteiger partial charge in [-0.05, 0) is 23.7 Å². The summed E-state index contributed by atoms with van der Waals surface area (Å²) in [5, 5.41) is 8.74. The van der Waals surface area contributed by atoms with Gasteiger partial charge >= 0.3 is 5.97 Å². The van der Waals surface area contributed by atoms with Gasteiger partial charge in [0.1, 0.15) is 5.82 Å². The third-order valence-electron chi connectivity index (χ3n) is 1.93. The number of carboxylic acid groups (broad SMARTS) is 1. The van der Waals surface area contributed by atoms with Crippen LogP contribution >= 0.6 is 11.5 Å². The highest BCUT2D eigenvalue weighted by Gasteiger charge is 2.15. The molecule has 15 heavy (non-hydrogen) atoms. The second kappa shape index (κ2) is 3.78. The summed E-state index contributed by atoms with van der Waals surface area (Å²) < 4.78 is 17.5. The topological polar surface area (TPSA) is 50.2 Å². The Balaban J connectivity index is 2.59.